The lowest BCUT2D eigenvalue weighted by Gasteiger charge is -2.25. The fourth-order valence-corrected chi connectivity index (χ4v) is 4.37. The van der Waals surface area contributed by atoms with E-state index in [1.165, 1.54) is 0 Å². The first-order valence-corrected chi connectivity index (χ1v) is 12.5. The van der Waals surface area contributed by atoms with Crippen LogP contribution in [0.3, 0.4) is 0 Å². The standard InChI is InChI=1S/C29H34N2O5/c1-5-6-15-34-21(4)35-26-10-7-22(8-11-26)23-9-12-28-25(16-23)17-24(29(32)33)13-14-31(28)18-27-19(2)30-36-20(27)3/h7-12,16-17,21H,5-6,13-15,18H2,1-4H3,(H,32,33). The molecule has 36 heavy (non-hydrogen) atoms. The monoisotopic (exact) mass is 490 g/mol. The molecule has 2 aromatic carbocycles. The second-order valence-electron chi connectivity index (χ2n) is 9.16. The number of carboxylic acid groups (broad SMARTS) is 1. The Bertz CT molecular complexity index is 1210. The molecular formula is C29H34N2O5. The molecule has 7 nitrogen and oxygen atoms in total. The zero-order chi connectivity index (χ0) is 25.7. The maximum absolute atomic E-state index is 11.9. The number of anilines is 1. The van der Waals surface area contributed by atoms with E-state index in [1.54, 1.807) is 6.08 Å². The first-order valence-electron chi connectivity index (χ1n) is 12.5. The van der Waals surface area contributed by atoms with Gasteiger partial charge in [0.25, 0.3) is 0 Å². The molecule has 1 unspecified atom stereocenters. The Balaban J connectivity index is 1.58. The summed E-state index contributed by atoms with van der Waals surface area (Å²) in [5.74, 6) is 0.646. The van der Waals surface area contributed by atoms with Crippen LogP contribution in [0.15, 0.2) is 52.6 Å². The molecule has 0 fully saturated rings. The van der Waals surface area contributed by atoms with Crippen LogP contribution in [0.25, 0.3) is 17.2 Å². The number of aromatic nitrogens is 1. The van der Waals surface area contributed by atoms with E-state index in [0.29, 0.717) is 31.7 Å². The molecule has 3 aromatic rings. The number of fused-ring (bicyclic) bond motifs is 1. The van der Waals surface area contributed by atoms with Crippen molar-refractivity contribution in [3.63, 3.8) is 0 Å². The quantitative estimate of drug-likeness (QED) is 0.261. The molecule has 1 aliphatic heterocycles. The van der Waals surface area contributed by atoms with E-state index in [4.69, 9.17) is 14.0 Å². The molecule has 2 heterocycles. The molecule has 4 rings (SSSR count). The lowest BCUT2D eigenvalue weighted by molar-refractivity contribution is -0.132. The van der Waals surface area contributed by atoms with Crippen LogP contribution in [0.2, 0.25) is 0 Å². The van der Waals surface area contributed by atoms with Gasteiger partial charge in [0.15, 0.2) is 6.29 Å². The normalized spacial score (nSPS) is 14.1. The van der Waals surface area contributed by atoms with E-state index in [0.717, 1.165) is 58.0 Å². The molecule has 0 amide bonds. The Morgan fingerprint density at radius 1 is 1.17 bits per heavy atom. The smallest absolute Gasteiger partial charge is 0.331 e. The molecule has 1 aliphatic rings. The summed E-state index contributed by atoms with van der Waals surface area (Å²) in [4.78, 5) is 14.1. The van der Waals surface area contributed by atoms with Crippen LogP contribution in [0, 0.1) is 13.8 Å². The maximum atomic E-state index is 11.9. The van der Waals surface area contributed by atoms with Crippen molar-refractivity contribution in [2.45, 2.75) is 59.8 Å². The van der Waals surface area contributed by atoms with Crippen molar-refractivity contribution in [3.8, 4) is 16.9 Å². The van der Waals surface area contributed by atoms with Gasteiger partial charge in [-0.25, -0.2) is 4.79 Å². The Kier molecular flexibility index (Phi) is 8.10. The average molecular weight is 491 g/mol. The number of benzene rings is 2. The topological polar surface area (TPSA) is 85.0 Å². The van der Waals surface area contributed by atoms with Gasteiger partial charge in [-0.1, -0.05) is 36.7 Å². The van der Waals surface area contributed by atoms with Gasteiger partial charge in [-0.05, 0) is 80.6 Å². The van der Waals surface area contributed by atoms with E-state index in [9.17, 15) is 9.90 Å². The highest BCUT2D eigenvalue weighted by Gasteiger charge is 2.22. The zero-order valence-corrected chi connectivity index (χ0v) is 21.4. The summed E-state index contributed by atoms with van der Waals surface area (Å²) in [6.45, 7) is 9.76. The maximum Gasteiger partial charge on any atom is 0.331 e. The Morgan fingerprint density at radius 2 is 1.92 bits per heavy atom. The number of hydrogen-bond donors (Lipinski definition) is 1. The lowest BCUT2D eigenvalue weighted by Crippen LogP contribution is -2.25. The van der Waals surface area contributed by atoms with Crippen molar-refractivity contribution in [2.24, 2.45) is 0 Å². The molecule has 1 aromatic heterocycles. The third-order valence-corrected chi connectivity index (χ3v) is 6.49. The molecule has 0 saturated carbocycles. The summed E-state index contributed by atoms with van der Waals surface area (Å²) in [7, 11) is 0. The summed E-state index contributed by atoms with van der Waals surface area (Å²) in [6, 6.07) is 14.1. The second-order valence-corrected chi connectivity index (χ2v) is 9.16. The van der Waals surface area contributed by atoms with Gasteiger partial charge in [-0.3, -0.25) is 0 Å². The largest absolute Gasteiger partial charge is 0.478 e. The van der Waals surface area contributed by atoms with E-state index < -0.39 is 5.97 Å². The molecule has 190 valence electrons. The first kappa shape index (κ1) is 25.5. The van der Waals surface area contributed by atoms with Gasteiger partial charge >= 0.3 is 5.97 Å². The number of aliphatic carboxylic acids is 1. The van der Waals surface area contributed by atoms with E-state index >= 15 is 0 Å². The Labute approximate surface area is 212 Å². The number of unbranched alkanes of at least 4 members (excludes halogenated alkanes) is 1. The van der Waals surface area contributed by atoms with Crippen LogP contribution in [0.5, 0.6) is 5.75 Å². The van der Waals surface area contributed by atoms with Crippen LogP contribution < -0.4 is 9.64 Å². The van der Waals surface area contributed by atoms with E-state index in [2.05, 4.69) is 35.2 Å². The minimum Gasteiger partial charge on any atom is -0.478 e. The number of ether oxygens (including phenoxy) is 2. The van der Waals surface area contributed by atoms with Crippen molar-refractivity contribution < 1.29 is 23.9 Å². The minimum atomic E-state index is -0.887. The van der Waals surface area contributed by atoms with Crippen molar-refractivity contribution in [1.82, 2.24) is 5.16 Å². The van der Waals surface area contributed by atoms with Crippen molar-refractivity contribution in [2.75, 3.05) is 18.1 Å². The fourth-order valence-electron chi connectivity index (χ4n) is 4.37. The summed E-state index contributed by atoms with van der Waals surface area (Å²) >= 11 is 0. The predicted molar refractivity (Wildman–Crippen MR) is 140 cm³/mol. The van der Waals surface area contributed by atoms with Gasteiger partial charge < -0.3 is 24.0 Å². The fraction of sp³-hybridized carbons (Fsp3) is 0.379. The molecule has 0 spiro atoms. The molecule has 0 aliphatic carbocycles. The number of aryl methyl sites for hydroxylation is 2. The van der Waals surface area contributed by atoms with Crippen LogP contribution in [0.1, 0.15) is 55.7 Å². The zero-order valence-electron chi connectivity index (χ0n) is 21.4. The van der Waals surface area contributed by atoms with Gasteiger partial charge in [0, 0.05) is 29.9 Å². The number of rotatable bonds is 10. The molecule has 0 bridgehead atoms. The lowest BCUT2D eigenvalue weighted by atomic mass is 10.00. The number of carboxylic acids is 1. The van der Waals surface area contributed by atoms with Gasteiger partial charge in [0.1, 0.15) is 11.5 Å². The van der Waals surface area contributed by atoms with Crippen LogP contribution in [0.4, 0.5) is 5.69 Å². The SMILES string of the molecule is CCCCOC(C)Oc1ccc(-c2ccc3c(c2)C=C(C(=O)O)CCN3Cc2c(C)noc2C)cc1. The molecule has 0 radical (unpaired) electrons. The summed E-state index contributed by atoms with van der Waals surface area (Å²) < 4.78 is 16.9. The Morgan fingerprint density at radius 3 is 2.58 bits per heavy atom. The van der Waals surface area contributed by atoms with Gasteiger partial charge in [0.05, 0.1) is 12.3 Å². The van der Waals surface area contributed by atoms with Crippen LogP contribution >= 0.6 is 0 Å². The third-order valence-electron chi connectivity index (χ3n) is 6.49. The van der Waals surface area contributed by atoms with E-state index in [-0.39, 0.29) is 6.29 Å². The molecular weight excluding hydrogens is 456 g/mol. The van der Waals surface area contributed by atoms with Gasteiger partial charge in [-0.2, -0.15) is 0 Å². The number of hydrogen-bond acceptors (Lipinski definition) is 6. The average Bonchev–Trinajstić information content (AvgIpc) is 3.07. The van der Waals surface area contributed by atoms with Crippen molar-refractivity contribution in [3.05, 3.63) is 70.6 Å². The van der Waals surface area contributed by atoms with Crippen molar-refractivity contribution >= 4 is 17.7 Å². The van der Waals surface area contributed by atoms with Gasteiger partial charge in [0.2, 0.25) is 0 Å². The van der Waals surface area contributed by atoms with E-state index in [1.807, 2.05) is 45.0 Å². The molecule has 7 heteroatoms. The van der Waals surface area contributed by atoms with Crippen LogP contribution in [-0.2, 0) is 16.1 Å². The molecule has 1 atom stereocenters. The number of carbonyl (C=O) groups is 1. The second kappa shape index (κ2) is 11.4. The Hall–Kier alpha value is -3.58. The van der Waals surface area contributed by atoms with Crippen LogP contribution in [-0.4, -0.2) is 35.7 Å². The molecule has 0 saturated heterocycles. The number of nitrogens with zero attached hydrogens (tertiary/aromatic N) is 2. The minimum absolute atomic E-state index is 0.307. The highest BCUT2D eigenvalue weighted by atomic mass is 16.7. The van der Waals surface area contributed by atoms with Gasteiger partial charge in [-0.15, -0.1) is 0 Å². The van der Waals surface area contributed by atoms with Crippen molar-refractivity contribution in [1.29, 1.82) is 0 Å². The summed E-state index contributed by atoms with van der Waals surface area (Å²) in [6.07, 6.45) is 4.04. The third kappa shape index (κ3) is 5.97. The highest BCUT2D eigenvalue weighted by molar-refractivity contribution is 5.94. The predicted octanol–water partition coefficient (Wildman–Crippen LogP) is 6.38. The summed E-state index contributed by atoms with van der Waals surface area (Å²) in [5, 5.41) is 13.8. The first-order chi connectivity index (χ1) is 17.4. The molecule has 1 N–H and O–H groups in total. The summed E-state index contributed by atoms with van der Waals surface area (Å²) in [5.41, 5.74) is 6.20. The highest BCUT2D eigenvalue weighted by Crippen LogP contribution is 2.34.